The van der Waals surface area contributed by atoms with Crippen LogP contribution in [0.25, 0.3) is 0 Å². The third-order valence-electron chi connectivity index (χ3n) is 14.6. The number of nitrogens with two attached hydrogens (primary N) is 1. The Balaban J connectivity index is 0.000000191. The first-order valence-electron chi connectivity index (χ1n) is 25.1. The Bertz CT molecular complexity index is 3080. The topological polar surface area (TPSA) is 204 Å². The maximum absolute atomic E-state index is 12.7. The highest BCUT2D eigenvalue weighted by Crippen LogP contribution is 2.48. The molecule has 4 aromatic carbocycles. The lowest BCUT2D eigenvalue weighted by atomic mass is 9.67. The molecule has 0 bridgehead atoms. The highest BCUT2D eigenvalue weighted by Gasteiger charge is 2.46. The van der Waals surface area contributed by atoms with E-state index in [2.05, 4.69) is 95.2 Å². The molecule has 4 heterocycles. The molecule has 0 radical (unpaired) electrons. The van der Waals surface area contributed by atoms with E-state index in [4.69, 9.17) is 34.0 Å². The molecule has 0 unspecified atom stereocenters. The van der Waals surface area contributed by atoms with Crippen LogP contribution in [0.2, 0.25) is 10.0 Å². The van der Waals surface area contributed by atoms with Crippen molar-refractivity contribution in [3.05, 3.63) is 118 Å². The Labute approximate surface area is 445 Å². The van der Waals surface area contributed by atoms with Gasteiger partial charge in [-0.25, -0.2) is 9.97 Å². The minimum Gasteiger partial charge on any atom is -0.400 e. The summed E-state index contributed by atoms with van der Waals surface area (Å²) >= 11 is 12.8. The number of rotatable bonds is 12. The molecule has 74 heavy (non-hydrogen) atoms. The Kier molecular flexibility index (Phi) is 16.8. The zero-order valence-corrected chi connectivity index (χ0v) is 46.7. The fraction of sp³-hybridized carbons (Fsp3) is 0.400. The van der Waals surface area contributed by atoms with Gasteiger partial charge in [-0.2, -0.15) is 9.97 Å². The van der Waals surface area contributed by atoms with Gasteiger partial charge in [-0.15, -0.1) is 0 Å². The number of Topliss-reactive ketones (excluding diaryl/α,β-unsaturated/α-hetero) is 1. The number of aliphatic hydroxyl groups is 1. The van der Waals surface area contributed by atoms with Crippen molar-refractivity contribution in [1.82, 2.24) is 19.9 Å². The Morgan fingerprint density at radius 2 is 1.00 bits per heavy atom. The summed E-state index contributed by atoms with van der Waals surface area (Å²) in [5.74, 6) is 2.16. The van der Waals surface area contributed by atoms with Crippen LogP contribution < -0.4 is 47.4 Å². The van der Waals surface area contributed by atoms with Gasteiger partial charge < -0.3 is 51.0 Å². The normalized spacial score (nSPS) is 17.0. The van der Waals surface area contributed by atoms with Gasteiger partial charge >= 0.3 is 0 Å². The number of halogens is 2. The Morgan fingerprint density at radius 3 is 1.39 bits per heavy atom. The molecule has 0 amide bonds. The van der Waals surface area contributed by atoms with Gasteiger partial charge in [0.2, 0.25) is 11.9 Å². The van der Waals surface area contributed by atoms with E-state index in [1.165, 1.54) is 35.3 Å². The number of hydrogen-bond donors (Lipinski definition) is 6. The van der Waals surface area contributed by atoms with Crippen molar-refractivity contribution in [1.29, 1.82) is 0 Å². The molecule has 10 rings (SSSR count). The predicted octanol–water partition coefficient (Wildman–Crippen LogP) is 11.6. The van der Waals surface area contributed by atoms with E-state index in [9.17, 15) is 13.9 Å². The monoisotopic (exact) mass is 1080 g/mol. The molecule has 2 saturated carbocycles. The van der Waals surface area contributed by atoms with Gasteiger partial charge in [0.15, 0.2) is 11.6 Å². The summed E-state index contributed by atoms with van der Waals surface area (Å²) in [5, 5.41) is 22.3. The number of hydrogen-bond acceptors (Lipinski definition) is 15. The molecule has 0 atom stereocenters. The summed E-state index contributed by atoms with van der Waals surface area (Å²) in [6.07, 6.45) is 11.4. The second kappa shape index (κ2) is 22.7. The van der Waals surface area contributed by atoms with Crippen LogP contribution in [0.15, 0.2) is 97.3 Å². The fourth-order valence-corrected chi connectivity index (χ4v) is 13.2. The minimum absolute atomic E-state index is 0.319. The van der Waals surface area contributed by atoms with E-state index < -0.39 is 14.3 Å². The number of aliphatic hydroxyl groups excluding tert-OH is 1. The molecular formula is C55H69Cl2N11O4P2. The number of benzene rings is 4. The summed E-state index contributed by atoms with van der Waals surface area (Å²) in [6, 6.07) is 28.0. The maximum atomic E-state index is 12.7. The van der Waals surface area contributed by atoms with Gasteiger partial charge in [0.1, 0.15) is 30.1 Å². The molecule has 2 aromatic heterocycles. The first-order chi connectivity index (χ1) is 35.2. The second-order valence-electron chi connectivity index (χ2n) is 21.1. The summed E-state index contributed by atoms with van der Waals surface area (Å²) < 4.78 is 25.4. The van der Waals surface area contributed by atoms with Gasteiger partial charge in [0.25, 0.3) is 0 Å². The average Bonchev–Trinajstić information content (AvgIpc) is 3.34. The van der Waals surface area contributed by atoms with Crippen molar-refractivity contribution in [3.63, 3.8) is 0 Å². The van der Waals surface area contributed by atoms with Crippen molar-refractivity contribution in [2.75, 3.05) is 91.0 Å². The van der Waals surface area contributed by atoms with Crippen molar-refractivity contribution in [2.24, 2.45) is 16.6 Å². The zero-order chi connectivity index (χ0) is 53.0. The number of aromatic nitrogens is 4. The average molecular weight is 1080 g/mol. The lowest BCUT2D eigenvalue weighted by Crippen LogP contribution is -2.58. The van der Waals surface area contributed by atoms with E-state index in [1.54, 1.807) is 39.1 Å². The SMILES string of the molecule is CO.Cc1cc(Nc2ncc(Cl)c(Nc3ccccc3P(C)(C)=O)n2)ccc1N1CC2(CCC(=O)CC2)C1.Cc1cc(Nc2ncc(Cl)c(Nc3ccccc3P(C)(C)=O)n2)ccc1N1CC2(CCC(N)CC2)C1. The van der Waals surface area contributed by atoms with Crippen LogP contribution in [0.3, 0.4) is 0 Å². The van der Waals surface area contributed by atoms with Crippen LogP contribution in [0, 0.1) is 24.7 Å². The van der Waals surface area contributed by atoms with E-state index in [1.807, 2.05) is 54.6 Å². The van der Waals surface area contributed by atoms with E-state index >= 15 is 0 Å². The number of nitrogens with one attached hydrogen (secondary N) is 4. The summed E-state index contributed by atoms with van der Waals surface area (Å²) in [5.41, 5.74) is 15.0. The first-order valence-corrected chi connectivity index (χ1v) is 31.1. The lowest BCUT2D eigenvalue weighted by Gasteiger charge is -2.54. The highest BCUT2D eigenvalue weighted by molar-refractivity contribution is 7.70. The van der Waals surface area contributed by atoms with Gasteiger partial charge in [0, 0.05) is 96.4 Å². The maximum Gasteiger partial charge on any atom is 0.229 e. The molecule has 4 fully saturated rings. The standard InChI is InChI=1S/C27H34ClN6OP.C27H31ClN5O2P.CH4O/c1-18-14-20(8-9-23(18)34-16-27(17-34)12-10-19(29)11-13-27)31-26-30-15-21(28)25(33-26)32-22-6-4-5-7-24(22)36(2,3)35;1-18-14-19(8-9-23(18)33-16-27(17-33)12-10-20(34)11-13-27)30-26-29-15-21(28)25(32-26)31-22-6-4-5-7-24(22)36(2,3)35;1-2/h4-9,14-15,19H,10-13,16-17,29H2,1-3H3,(H2,30,31,32,33);4-9,14-15H,10-13,16-17H2,1-3H3,(H2,29,30,31,32);2H,1H3. The van der Waals surface area contributed by atoms with Crippen molar-refractivity contribution in [3.8, 4) is 0 Å². The van der Waals surface area contributed by atoms with Crippen molar-refractivity contribution >= 4 is 112 Å². The van der Waals surface area contributed by atoms with Crippen LogP contribution in [0.5, 0.6) is 0 Å². The van der Waals surface area contributed by atoms with Crippen LogP contribution >= 0.6 is 37.5 Å². The van der Waals surface area contributed by atoms with Gasteiger partial charge in [-0.1, -0.05) is 47.5 Å². The Hall–Kier alpha value is -5.53. The summed E-state index contributed by atoms with van der Waals surface area (Å²) in [7, 11) is -3.97. The molecule has 2 saturated heterocycles. The largest absolute Gasteiger partial charge is 0.400 e. The molecular weight excluding hydrogens is 1010 g/mol. The third kappa shape index (κ3) is 12.9. The fourth-order valence-electron chi connectivity index (χ4n) is 10.6. The predicted molar refractivity (Wildman–Crippen MR) is 308 cm³/mol. The molecule has 392 valence electrons. The Morgan fingerprint density at radius 1 is 0.608 bits per heavy atom. The molecule has 4 aliphatic rings. The minimum atomic E-state index is -2.49. The molecule has 15 nitrogen and oxygen atoms in total. The number of para-hydroxylation sites is 2. The first kappa shape index (κ1) is 54.7. The van der Waals surface area contributed by atoms with Crippen molar-refractivity contribution < 1.29 is 19.0 Å². The molecule has 2 aliphatic heterocycles. The van der Waals surface area contributed by atoms with Gasteiger partial charge in [-0.3, -0.25) is 4.79 Å². The number of anilines is 10. The molecule has 2 aliphatic carbocycles. The third-order valence-corrected chi connectivity index (χ3v) is 18.3. The second-order valence-corrected chi connectivity index (χ2v) is 28.3. The van der Waals surface area contributed by atoms with Crippen LogP contribution in [0.4, 0.5) is 57.7 Å². The van der Waals surface area contributed by atoms with Gasteiger partial charge in [0.05, 0.1) is 23.8 Å². The van der Waals surface area contributed by atoms with E-state index in [0.717, 1.165) is 99.5 Å². The number of ketones is 1. The molecule has 6 aromatic rings. The van der Waals surface area contributed by atoms with Crippen LogP contribution in [-0.2, 0) is 13.9 Å². The number of carbonyl (C=O) groups is 1. The van der Waals surface area contributed by atoms with Gasteiger partial charge in [-0.05, 0) is 151 Å². The molecule has 2 spiro atoms. The van der Waals surface area contributed by atoms with E-state index in [0.29, 0.717) is 61.9 Å². The number of aryl methyl sites for hydroxylation is 2. The number of carbonyl (C=O) groups excluding carboxylic acids is 1. The highest BCUT2D eigenvalue weighted by atomic mass is 35.5. The van der Waals surface area contributed by atoms with Crippen LogP contribution in [0.1, 0.15) is 62.5 Å². The molecule has 19 heteroatoms. The zero-order valence-electron chi connectivity index (χ0n) is 43.4. The summed E-state index contributed by atoms with van der Waals surface area (Å²) in [4.78, 5) is 34.4. The smallest absolute Gasteiger partial charge is 0.229 e. The number of nitrogens with zero attached hydrogens (tertiary/aromatic N) is 6. The quantitative estimate of drug-likeness (QED) is 0.0631. The van der Waals surface area contributed by atoms with E-state index in [-0.39, 0.29) is 0 Å². The van der Waals surface area contributed by atoms with Crippen LogP contribution in [-0.4, -0.2) is 96.8 Å². The van der Waals surface area contributed by atoms with Crippen molar-refractivity contribution in [2.45, 2.75) is 71.3 Å². The summed E-state index contributed by atoms with van der Waals surface area (Å²) in [6.45, 7) is 15.5. The molecule has 7 N–H and O–H groups in total. The lowest BCUT2D eigenvalue weighted by molar-refractivity contribution is -0.122.